The first-order valence-electron chi connectivity index (χ1n) is 8.42. The molecular formula is C18H25N3O2. The lowest BCUT2D eigenvalue weighted by molar-refractivity contribution is 0.0904. The summed E-state index contributed by atoms with van der Waals surface area (Å²) in [6.45, 7) is 2.77. The number of hydrogen-bond acceptors (Lipinski definition) is 3. The van der Waals surface area contributed by atoms with Gasteiger partial charge in [0.1, 0.15) is 0 Å². The molecule has 0 aliphatic carbocycles. The van der Waals surface area contributed by atoms with Crippen molar-refractivity contribution in [1.29, 1.82) is 0 Å². The summed E-state index contributed by atoms with van der Waals surface area (Å²) in [4.78, 5) is 14.7. The maximum absolute atomic E-state index is 12.2. The third-order valence-corrected chi connectivity index (χ3v) is 4.61. The molecule has 1 N–H and O–H groups in total. The van der Waals surface area contributed by atoms with Crippen LogP contribution in [0, 0.1) is 0 Å². The molecule has 2 aromatic rings. The Morgan fingerprint density at radius 1 is 1.22 bits per heavy atom. The van der Waals surface area contributed by atoms with Gasteiger partial charge in [0.15, 0.2) is 5.76 Å². The molecule has 3 heterocycles. The Morgan fingerprint density at radius 2 is 2.00 bits per heavy atom. The van der Waals surface area contributed by atoms with Gasteiger partial charge < -0.3 is 14.3 Å². The van der Waals surface area contributed by atoms with Crippen LogP contribution in [0.1, 0.15) is 48.0 Å². The molecule has 1 aliphatic rings. The van der Waals surface area contributed by atoms with Gasteiger partial charge >= 0.3 is 0 Å². The molecule has 0 spiro atoms. The van der Waals surface area contributed by atoms with E-state index in [0.717, 1.165) is 13.1 Å². The Morgan fingerprint density at radius 3 is 2.61 bits per heavy atom. The fraction of sp³-hybridized carbons (Fsp3) is 0.500. The van der Waals surface area contributed by atoms with Gasteiger partial charge in [-0.15, -0.1) is 0 Å². The Balaban J connectivity index is 1.72. The van der Waals surface area contributed by atoms with E-state index in [2.05, 4.69) is 40.2 Å². The van der Waals surface area contributed by atoms with Crippen molar-refractivity contribution < 1.29 is 9.21 Å². The predicted molar refractivity (Wildman–Crippen MR) is 89.2 cm³/mol. The molecule has 2 aromatic heterocycles. The first-order valence-corrected chi connectivity index (χ1v) is 8.42. The van der Waals surface area contributed by atoms with Crippen LogP contribution in [0.15, 0.2) is 41.1 Å². The van der Waals surface area contributed by atoms with Crippen LogP contribution in [0.25, 0.3) is 0 Å². The first kappa shape index (κ1) is 15.9. The fourth-order valence-electron chi connectivity index (χ4n) is 3.33. The van der Waals surface area contributed by atoms with Crippen LogP contribution in [0.4, 0.5) is 0 Å². The van der Waals surface area contributed by atoms with Crippen LogP contribution in [0.5, 0.6) is 0 Å². The molecule has 1 atom stereocenters. The normalized spacial score (nSPS) is 17.6. The molecule has 1 amide bonds. The molecule has 1 saturated heterocycles. The van der Waals surface area contributed by atoms with Crippen molar-refractivity contribution in [1.82, 2.24) is 14.8 Å². The number of carbonyl (C=O) groups is 1. The molecule has 124 valence electrons. The highest BCUT2D eigenvalue weighted by Gasteiger charge is 2.24. The molecule has 0 radical (unpaired) electrons. The molecule has 0 bridgehead atoms. The van der Waals surface area contributed by atoms with Crippen molar-refractivity contribution in [3.63, 3.8) is 0 Å². The lowest BCUT2D eigenvalue weighted by atomic mass is 10.1. The quantitative estimate of drug-likeness (QED) is 0.923. The molecular weight excluding hydrogens is 290 g/mol. The van der Waals surface area contributed by atoms with Gasteiger partial charge in [0, 0.05) is 25.5 Å². The van der Waals surface area contributed by atoms with Crippen molar-refractivity contribution in [3.05, 3.63) is 48.2 Å². The van der Waals surface area contributed by atoms with E-state index in [1.807, 2.05) is 0 Å². The standard InChI is InChI=1S/C18H25N3O2/c1-20-10-6-8-15(20)16(21-11-4-2-3-5-12-21)14-19-18(22)17-9-7-13-23-17/h6-10,13,16H,2-5,11-12,14H2,1H3,(H,19,22)/t16-/m1/s1. The summed E-state index contributed by atoms with van der Waals surface area (Å²) in [5.74, 6) is 0.218. The third kappa shape index (κ3) is 3.85. The van der Waals surface area contributed by atoms with Crippen molar-refractivity contribution in [2.45, 2.75) is 31.7 Å². The largest absolute Gasteiger partial charge is 0.459 e. The number of rotatable bonds is 5. The second-order valence-electron chi connectivity index (χ2n) is 6.20. The minimum absolute atomic E-state index is 0.149. The van der Waals surface area contributed by atoms with Crippen molar-refractivity contribution in [2.24, 2.45) is 7.05 Å². The average Bonchev–Trinajstić information content (AvgIpc) is 3.15. The summed E-state index contributed by atoms with van der Waals surface area (Å²) in [7, 11) is 2.06. The fourth-order valence-corrected chi connectivity index (χ4v) is 3.33. The van der Waals surface area contributed by atoms with Gasteiger partial charge in [-0.1, -0.05) is 12.8 Å². The Kier molecular flexibility index (Phi) is 5.18. The van der Waals surface area contributed by atoms with Gasteiger partial charge in [-0.3, -0.25) is 9.69 Å². The minimum atomic E-state index is -0.149. The van der Waals surface area contributed by atoms with Crippen LogP contribution >= 0.6 is 0 Å². The molecule has 3 rings (SSSR count). The van der Waals surface area contributed by atoms with Crippen LogP contribution < -0.4 is 5.32 Å². The van der Waals surface area contributed by atoms with Crippen molar-refractivity contribution in [2.75, 3.05) is 19.6 Å². The highest BCUT2D eigenvalue weighted by molar-refractivity contribution is 5.91. The van der Waals surface area contributed by atoms with Gasteiger partial charge in [0.05, 0.1) is 12.3 Å². The predicted octanol–water partition coefficient (Wildman–Crippen LogP) is 2.97. The van der Waals surface area contributed by atoms with Gasteiger partial charge in [0.2, 0.25) is 0 Å². The summed E-state index contributed by atoms with van der Waals surface area (Å²) >= 11 is 0. The second kappa shape index (κ2) is 7.51. The van der Waals surface area contributed by atoms with Gasteiger partial charge in [-0.2, -0.15) is 0 Å². The number of aromatic nitrogens is 1. The number of aryl methyl sites for hydroxylation is 1. The van der Waals surface area contributed by atoms with Crippen molar-refractivity contribution in [3.8, 4) is 0 Å². The van der Waals surface area contributed by atoms with Crippen LogP contribution in [0.3, 0.4) is 0 Å². The molecule has 5 heteroatoms. The zero-order chi connectivity index (χ0) is 16.1. The maximum atomic E-state index is 12.2. The van der Waals surface area contributed by atoms with Crippen LogP contribution in [-0.2, 0) is 7.05 Å². The van der Waals surface area contributed by atoms with Gasteiger partial charge in [-0.25, -0.2) is 0 Å². The highest BCUT2D eigenvalue weighted by atomic mass is 16.3. The number of nitrogens with zero attached hydrogens (tertiary/aromatic N) is 2. The number of likely N-dealkylation sites (tertiary alicyclic amines) is 1. The maximum Gasteiger partial charge on any atom is 0.287 e. The van der Waals surface area contributed by atoms with Gasteiger partial charge in [-0.05, 0) is 50.2 Å². The lowest BCUT2D eigenvalue weighted by Gasteiger charge is -2.31. The summed E-state index contributed by atoms with van der Waals surface area (Å²) < 4.78 is 7.32. The number of furan rings is 1. The van der Waals surface area contributed by atoms with Crippen molar-refractivity contribution >= 4 is 5.91 Å². The molecule has 1 fully saturated rings. The molecule has 0 aromatic carbocycles. The second-order valence-corrected chi connectivity index (χ2v) is 6.20. The summed E-state index contributed by atoms with van der Waals surface area (Å²) in [5, 5.41) is 3.03. The topological polar surface area (TPSA) is 50.4 Å². The number of amides is 1. The van der Waals surface area contributed by atoms with E-state index in [-0.39, 0.29) is 11.9 Å². The molecule has 0 saturated carbocycles. The van der Waals surface area contributed by atoms with Crippen LogP contribution in [0.2, 0.25) is 0 Å². The molecule has 1 aliphatic heterocycles. The van der Waals surface area contributed by atoms with E-state index in [1.54, 1.807) is 12.1 Å². The minimum Gasteiger partial charge on any atom is -0.459 e. The van der Waals surface area contributed by atoms with E-state index in [0.29, 0.717) is 12.3 Å². The monoisotopic (exact) mass is 315 g/mol. The molecule has 0 unspecified atom stereocenters. The Labute approximate surface area is 137 Å². The summed E-state index contributed by atoms with van der Waals surface area (Å²) in [6.07, 6.45) is 8.65. The van der Waals surface area contributed by atoms with E-state index in [9.17, 15) is 4.79 Å². The van der Waals surface area contributed by atoms with E-state index in [4.69, 9.17) is 4.42 Å². The molecule has 23 heavy (non-hydrogen) atoms. The number of carbonyl (C=O) groups excluding carboxylic acids is 1. The Bertz CT molecular complexity index is 610. The zero-order valence-corrected chi connectivity index (χ0v) is 13.7. The lowest BCUT2D eigenvalue weighted by Crippen LogP contribution is -2.39. The number of hydrogen-bond donors (Lipinski definition) is 1. The van der Waals surface area contributed by atoms with E-state index in [1.165, 1.54) is 37.6 Å². The van der Waals surface area contributed by atoms with E-state index < -0.39 is 0 Å². The summed E-state index contributed by atoms with van der Waals surface area (Å²) in [6, 6.07) is 7.84. The third-order valence-electron chi connectivity index (χ3n) is 4.61. The van der Waals surface area contributed by atoms with E-state index >= 15 is 0 Å². The Hall–Kier alpha value is -2.01. The molecule has 5 nitrogen and oxygen atoms in total. The average molecular weight is 315 g/mol. The van der Waals surface area contributed by atoms with Gasteiger partial charge in [0.25, 0.3) is 5.91 Å². The smallest absolute Gasteiger partial charge is 0.287 e. The summed E-state index contributed by atoms with van der Waals surface area (Å²) in [5.41, 5.74) is 1.24. The SMILES string of the molecule is Cn1cccc1[C@@H](CNC(=O)c1ccco1)N1CCCCCC1. The zero-order valence-electron chi connectivity index (χ0n) is 13.7. The first-order chi connectivity index (χ1) is 11.3. The highest BCUT2D eigenvalue weighted by Crippen LogP contribution is 2.24. The number of nitrogens with one attached hydrogen (secondary N) is 1. The van der Waals surface area contributed by atoms with Crippen LogP contribution in [-0.4, -0.2) is 35.0 Å².